The van der Waals surface area contributed by atoms with Crippen molar-refractivity contribution < 1.29 is 5.11 Å². The first-order valence-electron chi connectivity index (χ1n) is 5.79. The molecule has 0 aliphatic carbocycles. The van der Waals surface area contributed by atoms with Gasteiger partial charge >= 0.3 is 0 Å². The third kappa shape index (κ3) is 2.20. The van der Waals surface area contributed by atoms with Crippen LogP contribution >= 0.6 is 0 Å². The summed E-state index contributed by atoms with van der Waals surface area (Å²) in [7, 11) is 0. The van der Waals surface area contributed by atoms with Crippen molar-refractivity contribution in [3.8, 4) is 5.75 Å². The SMILES string of the molecule is CC(C)C1(N)CN(Cc2cccc(O)c2)C1. The number of nitrogens with two attached hydrogens (primary N) is 1. The first kappa shape index (κ1) is 11.4. The number of rotatable bonds is 3. The standard InChI is InChI=1S/C13H20N2O/c1-10(2)13(14)8-15(9-13)7-11-4-3-5-12(16)6-11/h3-6,10,16H,7-9,14H2,1-2H3. The molecule has 3 N–H and O–H groups in total. The van der Waals surface area contributed by atoms with Gasteiger partial charge in [0.15, 0.2) is 0 Å². The van der Waals surface area contributed by atoms with Crippen molar-refractivity contribution in [2.75, 3.05) is 13.1 Å². The van der Waals surface area contributed by atoms with Crippen molar-refractivity contribution in [1.29, 1.82) is 0 Å². The van der Waals surface area contributed by atoms with Crippen LogP contribution in [0.2, 0.25) is 0 Å². The van der Waals surface area contributed by atoms with E-state index >= 15 is 0 Å². The lowest BCUT2D eigenvalue weighted by Gasteiger charge is -2.50. The van der Waals surface area contributed by atoms with E-state index in [0.29, 0.717) is 11.7 Å². The maximum Gasteiger partial charge on any atom is 0.115 e. The zero-order chi connectivity index (χ0) is 11.8. The molecule has 1 heterocycles. The zero-order valence-electron chi connectivity index (χ0n) is 9.98. The Morgan fingerprint density at radius 1 is 1.44 bits per heavy atom. The molecule has 1 aliphatic rings. The van der Waals surface area contributed by atoms with E-state index in [4.69, 9.17) is 5.73 Å². The lowest BCUT2D eigenvalue weighted by atomic mass is 9.80. The largest absolute Gasteiger partial charge is 0.508 e. The smallest absolute Gasteiger partial charge is 0.115 e. The molecule has 0 spiro atoms. The topological polar surface area (TPSA) is 49.5 Å². The van der Waals surface area contributed by atoms with Crippen LogP contribution in [0, 0.1) is 5.92 Å². The fraction of sp³-hybridized carbons (Fsp3) is 0.538. The maximum absolute atomic E-state index is 9.36. The fourth-order valence-corrected chi connectivity index (χ4v) is 2.18. The minimum Gasteiger partial charge on any atom is -0.508 e. The summed E-state index contributed by atoms with van der Waals surface area (Å²) in [5.74, 6) is 0.855. The van der Waals surface area contributed by atoms with Crippen LogP contribution in [0.15, 0.2) is 24.3 Å². The number of aromatic hydroxyl groups is 1. The summed E-state index contributed by atoms with van der Waals surface area (Å²) in [6, 6.07) is 7.42. The number of likely N-dealkylation sites (tertiary alicyclic amines) is 1. The average Bonchev–Trinajstić information content (AvgIpc) is 2.14. The average molecular weight is 220 g/mol. The Morgan fingerprint density at radius 2 is 2.12 bits per heavy atom. The molecule has 0 bridgehead atoms. The lowest BCUT2D eigenvalue weighted by molar-refractivity contribution is 0.0313. The fourth-order valence-electron chi connectivity index (χ4n) is 2.18. The Balaban J connectivity index is 1.90. The molecule has 1 fully saturated rings. The van der Waals surface area contributed by atoms with E-state index in [9.17, 15) is 5.11 Å². The normalized spacial score (nSPS) is 19.8. The molecular formula is C13H20N2O. The summed E-state index contributed by atoms with van der Waals surface area (Å²) in [6.07, 6.45) is 0. The second-order valence-corrected chi connectivity index (χ2v) is 5.20. The lowest BCUT2D eigenvalue weighted by Crippen LogP contribution is -2.69. The first-order chi connectivity index (χ1) is 7.49. The molecule has 0 unspecified atom stereocenters. The number of phenols is 1. The van der Waals surface area contributed by atoms with Gasteiger partial charge in [-0.25, -0.2) is 0 Å². The van der Waals surface area contributed by atoms with Crippen LogP contribution in [-0.4, -0.2) is 28.6 Å². The van der Waals surface area contributed by atoms with Crippen LogP contribution in [0.3, 0.4) is 0 Å². The molecule has 1 aromatic rings. The number of benzene rings is 1. The van der Waals surface area contributed by atoms with E-state index in [0.717, 1.165) is 25.2 Å². The highest BCUT2D eigenvalue weighted by Crippen LogP contribution is 2.27. The predicted octanol–water partition coefficient (Wildman–Crippen LogP) is 1.56. The van der Waals surface area contributed by atoms with Gasteiger partial charge in [0.25, 0.3) is 0 Å². The third-order valence-corrected chi connectivity index (χ3v) is 3.50. The van der Waals surface area contributed by atoms with Crippen LogP contribution in [0.4, 0.5) is 0 Å². The predicted molar refractivity (Wildman–Crippen MR) is 65.1 cm³/mol. The van der Waals surface area contributed by atoms with Crippen LogP contribution in [0.5, 0.6) is 5.75 Å². The van der Waals surface area contributed by atoms with Crippen molar-refractivity contribution in [2.45, 2.75) is 25.9 Å². The molecule has 3 nitrogen and oxygen atoms in total. The second-order valence-electron chi connectivity index (χ2n) is 5.20. The van der Waals surface area contributed by atoms with E-state index in [-0.39, 0.29) is 5.54 Å². The summed E-state index contributed by atoms with van der Waals surface area (Å²) in [5.41, 5.74) is 7.36. The number of hydrogen-bond donors (Lipinski definition) is 2. The summed E-state index contributed by atoms with van der Waals surface area (Å²) >= 11 is 0. The number of nitrogens with zero attached hydrogens (tertiary/aromatic N) is 1. The Labute approximate surface area is 96.9 Å². The van der Waals surface area contributed by atoms with Gasteiger partial charge in [0.05, 0.1) is 0 Å². The maximum atomic E-state index is 9.36. The number of phenolic OH excluding ortho intramolecular Hbond substituents is 1. The molecule has 88 valence electrons. The Kier molecular flexibility index (Phi) is 2.91. The molecule has 1 aromatic carbocycles. The van der Waals surface area contributed by atoms with Gasteiger partial charge < -0.3 is 10.8 Å². The molecule has 0 amide bonds. The number of hydrogen-bond acceptors (Lipinski definition) is 3. The second kappa shape index (κ2) is 4.07. The van der Waals surface area contributed by atoms with Crippen LogP contribution in [0.25, 0.3) is 0 Å². The monoisotopic (exact) mass is 220 g/mol. The molecule has 3 heteroatoms. The highest BCUT2D eigenvalue weighted by molar-refractivity contribution is 5.27. The van der Waals surface area contributed by atoms with Gasteiger partial charge in [-0.3, -0.25) is 4.90 Å². The van der Waals surface area contributed by atoms with Crippen molar-refractivity contribution in [3.63, 3.8) is 0 Å². The van der Waals surface area contributed by atoms with Gasteiger partial charge in [-0.1, -0.05) is 26.0 Å². The van der Waals surface area contributed by atoms with Crippen LogP contribution in [0.1, 0.15) is 19.4 Å². The van der Waals surface area contributed by atoms with Gasteiger partial charge in [-0.15, -0.1) is 0 Å². The summed E-state index contributed by atoms with van der Waals surface area (Å²) in [5, 5.41) is 9.36. The molecular weight excluding hydrogens is 200 g/mol. The van der Waals surface area contributed by atoms with Gasteiger partial charge in [-0.05, 0) is 23.6 Å². The molecule has 0 radical (unpaired) electrons. The van der Waals surface area contributed by atoms with Crippen molar-refractivity contribution in [3.05, 3.63) is 29.8 Å². The zero-order valence-corrected chi connectivity index (χ0v) is 9.98. The molecule has 0 saturated carbocycles. The van der Waals surface area contributed by atoms with Gasteiger partial charge in [0.2, 0.25) is 0 Å². The van der Waals surface area contributed by atoms with Crippen LogP contribution in [-0.2, 0) is 6.54 Å². The minimum absolute atomic E-state index is 0.0170. The molecule has 2 rings (SSSR count). The Morgan fingerprint density at radius 3 is 2.69 bits per heavy atom. The van der Waals surface area contributed by atoms with Crippen molar-refractivity contribution in [2.24, 2.45) is 11.7 Å². The Hall–Kier alpha value is -1.06. The van der Waals surface area contributed by atoms with E-state index < -0.39 is 0 Å². The van der Waals surface area contributed by atoms with E-state index in [2.05, 4.69) is 18.7 Å². The van der Waals surface area contributed by atoms with E-state index in [1.165, 1.54) is 0 Å². The molecule has 1 saturated heterocycles. The van der Waals surface area contributed by atoms with Gasteiger partial charge in [-0.2, -0.15) is 0 Å². The first-order valence-corrected chi connectivity index (χ1v) is 5.79. The summed E-state index contributed by atoms with van der Waals surface area (Å²) in [6.45, 7) is 7.11. The Bertz CT molecular complexity index is 370. The molecule has 16 heavy (non-hydrogen) atoms. The molecule has 0 atom stereocenters. The van der Waals surface area contributed by atoms with Crippen molar-refractivity contribution in [1.82, 2.24) is 4.90 Å². The van der Waals surface area contributed by atoms with Crippen LogP contribution < -0.4 is 5.73 Å². The molecule has 0 aromatic heterocycles. The van der Waals surface area contributed by atoms with E-state index in [1.807, 2.05) is 18.2 Å². The quantitative estimate of drug-likeness (QED) is 0.812. The van der Waals surface area contributed by atoms with E-state index in [1.54, 1.807) is 6.07 Å². The summed E-state index contributed by atoms with van der Waals surface area (Å²) in [4.78, 5) is 2.31. The molecule has 1 aliphatic heterocycles. The summed E-state index contributed by atoms with van der Waals surface area (Å²) < 4.78 is 0. The highest BCUT2D eigenvalue weighted by Gasteiger charge is 2.41. The van der Waals surface area contributed by atoms with Gasteiger partial charge in [0, 0.05) is 25.2 Å². The highest BCUT2D eigenvalue weighted by atomic mass is 16.3. The minimum atomic E-state index is -0.0170. The van der Waals surface area contributed by atoms with Gasteiger partial charge in [0.1, 0.15) is 5.75 Å². The van der Waals surface area contributed by atoms with Crippen molar-refractivity contribution >= 4 is 0 Å². The third-order valence-electron chi connectivity index (χ3n) is 3.50.